The minimum Gasteiger partial charge on any atom is -0.493 e. The molecular weight excluding hydrogens is 400 g/mol. The van der Waals surface area contributed by atoms with Gasteiger partial charge in [0.2, 0.25) is 11.7 Å². The molecule has 0 radical (unpaired) electrons. The zero-order valence-corrected chi connectivity index (χ0v) is 18.7. The molecule has 0 spiro atoms. The van der Waals surface area contributed by atoms with Crippen molar-refractivity contribution in [1.29, 1.82) is 0 Å². The number of hydrogen-bond donors (Lipinski definition) is 2. The van der Waals surface area contributed by atoms with E-state index in [1.54, 1.807) is 21.3 Å². The third-order valence-electron chi connectivity index (χ3n) is 5.50. The molecule has 0 unspecified atom stereocenters. The van der Waals surface area contributed by atoms with E-state index in [4.69, 9.17) is 18.9 Å². The molecule has 8 heteroatoms. The number of hydrogen-bond acceptors (Lipinski definition) is 6. The Labute approximate surface area is 181 Å². The molecule has 31 heavy (non-hydrogen) atoms. The van der Waals surface area contributed by atoms with Crippen LogP contribution in [0, 0.1) is 20.8 Å². The second-order valence-electron chi connectivity index (χ2n) is 7.37. The molecule has 0 fully saturated rings. The number of anilines is 2. The van der Waals surface area contributed by atoms with Crippen molar-refractivity contribution in [1.82, 2.24) is 0 Å². The van der Waals surface area contributed by atoms with Crippen LogP contribution in [0.15, 0.2) is 12.1 Å². The average molecular weight is 428 g/mol. The summed E-state index contributed by atoms with van der Waals surface area (Å²) >= 11 is 0. The minimum atomic E-state index is -0.210. The topological polar surface area (TPSA) is 95.1 Å². The van der Waals surface area contributed by atoms with Crippen LogP contribution in [0.5, 0.6) is 23.0 Å². The number of ether oxygens (including phenoxy) is 4. The molecular formula is C23H28N2O6. The van der Waals surface area contributed by atoms with Crippen molar-refractivity contribution in [2.24, 2.45) is 0 Å². The summed E-state index contributed by atoms with van der Waals surface area (Å²) in [6.45, 7) is 5.69. The molecule has 1 aliphatic rings. The number of methoxy groups -OCH3 is 3. The van der Waals surface area contributed by atoms with Crippen LogP contribution in [-0.4, -0.2) is 39.8 Å². The smallest absolute Gasteiger partial charge is 0.262 e. The van der Waals surface area contributed by atoms with Crippen molar-refractivity contribution in [2.45, 2.75) is 33.6 Å². The second kappa shape index (κ2) is 9.16. The first-order valence-corrected chi connectivity index (χ1v) is 9.95. The number of nitrogens with one attached hydrogen (secondary N) is 2. The molecule has 2 amide bonds. The van der Waals surface area contributed by atoms with E-state index in [-0.39, 0.29) is 24.8 Å². The number of carbonyl (C=O) groups is 2. The van der Waals surface area contributed by atoms with Crippen LogP contribution in [0.25, 0.3) is 0 Å². The van der Waals surface area contributed by atoms with Gasteiger partial charge < -0.3 is 29.6 Å². The molecule has 0 aliphatic carbocycles. The Balaban J connectivity index is 1.79. The van der Waals surface area contributed by atoms with Crippen LogP contribution in [0.2, 0.25) is 0 Å². The standard InChI is InChI=1S/C23H28N2O6/c1-12-13(2)22-21(25-19(27)11-31-22)14(3)20(12)24-18(26)8-7-15-9-16(28-4)23(30-6)17(10-15)29-5/h9-10H,7-8,11H2,1-6H3,(H,24,26)(H,25,27). The Morgan fingerprint density at radius 1 is 1.03 bits per heavy atom. The fraction of sp³-hybridized carbons (Fsp3) is 0.391. The van der Waals surface area contributed by atoms with E-state index in [1.165, 1.54) is 0 Å². The Bertz CT molecular complexity index is 1010. The lowest BCUT2D eigenvalue weighted by Crippen LogP contribution is -2.27. The Morgan fingerprint density at radius 3 is 2.26 bits per heavy atom. The van der Waals surface area contributed by atoms with Crippen LogP contribution in [-0.2, 0) is 16.0 Å². The van der Waals surface area contributed by atoms with Crippen molar-refractivity contribution < 1.29 is 28.5 Å². The van der Waals surface area contributed by atoms with Crippen molar-refractivity contribution in [3.05, 3.63) is 34.4 Å². The molecule has 2 N–H and O–H groups in total. The van der Waals surface area contributed by atoms with Gasteiger partial charge >= 0.3 is 0 Å². The first-order chi connectivity index (χ1) is 14.8. The average Bonchev–Trinajstić information content (AvgIpc) is 2.78. The van der Waals surface area contributed by atoms with Crippen molar-refractivity contribution in [3.63, 3.8) is 0 Å². The molecule has 2 aromatic carbocycles. The van der Waals surface area contributed by atoms with Crippen LogP contribution in [0.4, 0.5) is 11.4 Å². The monoisotopic (exact) mass is 428 g/mol. The molecule has 3 rings (SSSR count). The summed E-state index contributed by atoms with van der Waals surface area (Å²) in [7, 11) is 4.66. The lowest BCUT2D eigenvalue weighted by atomic mass is 9.98. The van der Waals surface area contributed by atoms with E-state index in [2.05, 4.69) is 10.6 Å². The summed E-state index contributed by atoms with van der Waals surface area (Å²) in [5.41, 5.74) is 4.76. The first-order valence-electron chi connectivity index (χ1n) is 9.95. The van der Waals surface area contributed by atoms with Gasteiger partial charge in [0.05, 0.1) is 27.0 Å². The van der Waals surface area contributed by atoms with E-state index >= 15 is 0 Å². The van der Waals surface area contributed by atoms with Gasteiger partial charge in [-0.15, -0.1) is 0 Å². The molecule has 8 nitrogen and oxygen atoms in total. The van der Waals surface area contributed by atoms with Gasteiger partial charge in [-0.1, -0.05) is 0 Å². The van der Waals surface area contributed by atoms with Gasteiger partial charge in [0.15, 0.2) is 18.1 Å². The SMILES string of the molecule is COc1cc(CCC(=O)Nc2c(C)c(C)c3c(c2C)NC(=O)CO3)cc(OC)c1OC. The predicted molar refractivity (Wildman–Crippen MR) is 118 cm³/mol. The van der Waals surface area contributed by atoms with E-state index in [0.717, 1.165) is 22.3 Å². The quantitative estimate of drug-likeness (QED) is 0.701. The number of amides is 2. The third-order valence-corrected chi connectivity index (χ3v) is 5.50. The summed E-state index contributed by atoms with van der Waals surface area (Å²) in [5, 5.41) is 5.85. The number of rotatable bonds is 7. The lowest BCUT2D eigenvalue weighted by molar-refractivity contribution is -0.118. The molecule has 166 valence electrons. The van der Waals surface area contributed by atoms with Crippen LogP contribution in [0.3, 0.4) is 0 Å². The lowest BCUT2D eigenvalue weighted by Gasteiger charge is -2.26. The van der Waals surface area contributed by atoms with Gasteiger partial charge in [-0.05, 0) is 56.0 Å². The fourth-order valence-corrected chi connectivity index (χ4v) is 3.69. The highest BCUT2D eigenvalue weighted by Gasteiger charge is 2.25. The van der Waals surface area contributed by atoms with Crippen molar-refractivity contribution in [3.8, 4) is 23.0 Å². The molecule has 2 aromatic rings. The number of carbonyl (C=O) groups excluding carboxylic acids is 2. The van der Waals surface area contributed by atoms with Crippen LogP contribution >= 0.6 is 0 Å². The number of aryl methyl sites for hydroxylation is 1. The highest BCUT2D eigenvalue weighted by molar-refractivity contribution is 6.01. The molecule has 0 atom stereocenters. The van der Waals surface area contributed by atoms with Crippen LogP contribution < -0.4 is 29.6 Å². The third kappa shape index (κ3) is 4.38. The maximum Gasteiger partial charge on any atom is 0.262 e. The molecule has 0 saturated heterocycles. The van der Waals surface area contributed by atoms with E-state index in [0.29, 0.717) is 40.8 Å². The van der Waals surface area contributed by atoms with E-state index < -0.39 is 0 Å². The zero-order chi connectivity index (χ0) is 22.7. The molecule has 0 aromatic heterocycles. The van der Waals surface area contributed by atoms with Gasteiger partial charge in [-0.2, -0.15) is 0 Å². The Hall–Kier alpha value is -3.42. The summed E-state index contributed by atoms with van der Waals surface area (Å²) < 4.78 is 21.7. The van der Waals surface area contributed by atoms with Crippen molar-refractivity contribution in [2.75, 3.05) is 38.6 Å². The second-order valence-corrected chi connectivity index (χ2v) is 7.37. The van der Waals surface area contributed by atoms with Gasteiger partial charge in [-0.3, -0.25) is 9.59 Å². The molecule has 0 bridgehead atoms. The predicted octanol–water partition coefficient (Wildman–Crippen LogP) is 3.54. The number of fused-ring (bicyclic) bond motifs is 1. The molecule has 1 heterocycles. The Morgan fingerprint density at radius 2 is 1.68 bits per heavy atom. The fourth-order valence-electron chi connectivity index (χ4n) is 3.69. The summed E-state index contributed by atoms with van der Waals surface area (Å²) in [4.78, 5) is 24.5. The normalized spacial score (nSPS) is 12.4. The van der Waals surface area contributed by atoms with Crippen molar-refractivity contribution >= 4 is 23.2 Å². The highest BCUT2D eigenvalue weighted by Crippen LogP contribution is 2.42. The minimum absolute atomic E-state index is 0.00673. The van der Waals surface area contributed by atoms with Crippen LogP contribution in [0.1, 0.15) is 28.7 Å². The maximum atomic E-state index is 12.7. The van der Waals surface area contributed by atoms with E-state index in [1.807, 2.05) is 32.9 Å². The summed E-state index contributed by atoms with van der Waals surface area (Å²) in [5.74, 6) is 1.92. The number of benzene rings is 2. The van der Waals surface area contributed by atoms with Gasteiger partial charge in [0.1, 0.15) is 5.75 Å². The van der Waals surface area contributed by atoms with Gasteiger partial charge in [-0.25, -0.2) is 0 Å². The van der Waals surface area contributed by atoms with E-state index in [9.17, 15) is 9.59 Å². The van der Waals surface area contributed by atoms with Gasteiger partial charge in [0.25, 0.3) is 5.91 Å². The maximum absolute atomic E-state index is 12.7. The van der Waals surface area contributed by atoms with Gasteiger partial charge in [0, 0.05) is 17.7 Å². The summed E-state index contributed by atoms with van der Waals surface area (Å²) in [6.07, 6.45) is 0.751. The first kappa shape index (κ1) is 22.3. The zero-order valence-electron chi connectivity index (χ0n) is 18.7. The Kier molecular flexibility index (Phi) is 6.58. The largest absolute Gasteiger partial charge is 0.493 e. The molecule has 1 aliphatic heterocycles. The highest BCUT2D eigenvalue weighted by atomic mass is 16.5. The molecule has 0 saturated carbocycles. The summed E-state index contributed by atoms with van der Waals surface area (Å²) in [6, 6.07) is 3.67.